The van der Waals surface area contributed by atoms with E-state index in [1.807, 2.05) is 47.7 Å². The van der Waals surface area contributed by atoms with Crippen molar-refractivity contribution in [3.8, 4) is 0 Å². The minimum absolute atomic E-state index is 0.0798. The number of hydrogen-bond donors (Lipinski definition) is 2. The van der Waals surface area contributed by atoms with E-state index in [2.05, 4.69) is 24.8 Å². The lowest BCUT2D eigenvalue weighted by atomic mass is 10.3. The molecule has 2 N–H and O–H groups in total. The van der Waals surface area contributed by atoms with Crippen molar-refractivity contribution in [2.75, 3.05) is 6.54 Å². The molecular formula is C19H21F3N6O3S. The van der Waals surface area contributed by atoms with E-state index in [1.54, 1.807) is 11.3 Å². The molecule has 9 nitrogen and oxygen atoms in total. The summed E-state index contributed by atoms with van der Waals surface area (Å²) in [5.74, 6) is -1.79. The first-order valence-corrected chi connectivity index (χ1v) is 10.4. The Labute approximate surface area is 185 Å². The van der Waals surface area contributed by atoms with Gasteiger partial charge < -0.3 is 19.6 Å². The molecule has 13 heteroatoms. The molecule has 0 atom stereocenters. The van der Waals surface area contributed by atoms with Crippen LogP contribution in [0, 0.1) is 0 Å². The zero-order chi connectivity index (χ0) is 23.3. The van der Waals surface area contributed by atoms with E-state index in [9.17, 15) is 18.0 Å². The van der Waals surface area contributed by atoms with Crippen LogP contribution in [-0.4, -0.2) is 53.7 Å². The fourth-order valence-electron chi connectivity index (χ4n) is 3.06. The van der Waals surface area contributed by atoms with E-state index < -0.39 is 12.1 Å². The Morgan fingerprint density at radius 1 is 1.31 bits per heavy atom. The molecule has 32 heavy (non-hydrogen) atoms. The Balaban J connectivity index is 0.000000360. The SMILES string of the molecule is Cn1cccc1C(=O)NCc1cn2c(n1)CN(Cc1nccs1)CC2.O=C(O)C(F)(F)F. The molecule has 3 aromatic heterocycles. The van der Waals surface area contributed by atoms with Crippen molar-refractivity contribution in [1.82, 2.24) is 29.3 Å². The summed E-state index contributed by atoms with van der Waals surface area (Å²) >= 11 is 1.68. The van der Waals surface area contributed by atoms with Gasteiger partial charge in [-0.25, -0.2) is 14.8 Å². The number of aliphatic carboxylic acids is 1. The topological polar surface area (TPSA) is 105 Å². The van der Waals surface area contributed by atoms with E-state index in [-0.39, 0.29) is 5.91 Å². The lowest BCUT2D eigenvalue weighted by Gasteiger charge is -2.26. The van der Waals surface area contributed by atoms with Gasteiger partial charge in [0.1, 0.15) is 16.5 Å². The van der Waals surface area contributed by atoms with Crippen LogP contribution in [0.2, 0.25) is 0 Å². The van der Waals surface area contributed by atoms with Crippen molar-refractivity contribution in [2.24, 2.45) is 7.05 Å². The number of amides is 1. The molecule has 1 aliphatic rings. The lowest BCUT2D eigenvalue weighted by molar-refractivity contribution is -0.192. The second kappa shape index (κ2) is 9.96. The molecule has 1 aliphatic heterocycles. The first-order valence-electron chi connectivity index (χ1n) is 9.48. The normalized spacial score (nSPS) is 13.8. The number of fused-ring (bicyclic) bond motifs is 1. The number of aryl methyl sites for hydroxylation is 1. The largest absolute Gasteiger partial charge is 0.490 e. The number of carbonyl (C=O) groups excluding carboxylic acids is 1. The third-order valence-electron chi connectivity index (χ3n) is 4.62. The molecule has 4 heterocycles. The third-order valence-corrected chi connectivity index (χ3v) is 5.39. The highest BCUT2D eigenvalue weighted by molar-refractivity contribution is 7.09. The molecule has 0 unspecified atom stereocenters. The van der Waals surface area contributed by atoms with E-state index in [4.69, 9.17) is 9.90 Å². The van der Waals surface area contributed by atoms with Crippen LogP contribution in [-0.2, 0) is 38.0 Å². The molecule has 0 bridgehead atoms. The summed E-state index contributed by atoms with van der Waals surface area (Å²) < 4.78 is 35.7. The summed E-state index contributed by atoms with van der Waals surface area (Å²) in [5, 5.41) is 13.2. The predicted octanol–water partition coefficient (Wildman–Crippen LogP) is 2.26. The van der Waals surface area contributed by atoms with Crippen molar-refractivity contribution >= 4 is 23.2 Å². The summed E-state index contributed by atoms with van der Waals surface area (Å²) in [6.45, 7) is 4.02. The van der Waals surface area contributed by atoms with Crippen molar-refractivity contribution < 1.29 is 27.9 Å². The number of nitrogens with zero attached hydrogens (tertiary/aromatic N) is 5. The molecule has 0 fully saturated rings. The number of halogens is 3. The molecule has 1 amide bonds. The number of aromatic nitrogens is 4. The maximum Gasteiger partial charge on any atom is 0.490 e. The number of carbonyl (C=O) groups is 2. The Morgan fingerprint density at radius 2 is 2.06 bits per heavy atom. The van der Waals surface area contributed by atoms with Crippen LogP contribution in [0.5, 0.6) is 0 Å². The van der Waals surface area contributed by atoms with Gasteiger partial charge in [0.05, 0.1) is 25.3 Å². The van der Waals surface area contributed by atoms with E-state index in [0.29, 0.717) is 12.2 Å². The van der Waals surface area contributed by atoms with Crippen molar-refractivity contribution in [3.05, 3.63) is 58.3 Å². The smallest absolute Gasteiger partial charge is 0.475 e. The van der Waals surface area contributed by atoms with Gasteiger partial charge in [0.2, 0.25) is 0 Å². The van der Waals surface area contributed by atoms with Gasteiger partial charge in [-0.3, -0.25) is 9.69 Å². The number of thiazole rings is 1. The molecule has 3 aromatic rings. The zero-order valence-corrected chi connectivity index (χ0v) is 17.9. The molecule has 0 radical (unpaired) electrons. The second-order valence-corrected chi connectivity index (χ2v) is 7.95. The average molecular weight is 470 g/mol. The van der Waals surface area contributed by atoms with Crippen LogP contribution in [0.25, 0.3) is 0 Å². The maximum atomic E-state index is 12.2. The number of alkyl halides is 3. The van der Waals surface area contributed by atoms with Gasteiger partial charge in [0.25, 0.3) is 5.91 Å². The molecule has 0 aromatic carbocycles. The van der Waals surface area contributed by atoms with Crippen LogP contribution in [0.15, 0.2) is 36.1 Å². The monoisotopic (exact) mass is 470 g/mol. The number of nitrogens with one attached hydrogen (secondary N) is 1. The Bertz CT molecular complexity index is 1060. The zero-order valence-electron chi connectivity index (χ0n) is 17.0. The third kappa shape index (κ3) is 6.17. The van der Waals surface area contributed by atoms with Gasteiger partial charge in [-0.1, -0.05) is 0 Å². The maximum absolute atomic E-state index is 12.2. The predicted molar refractivity (Wildman–Crippen MR) is 109 cm³/mol. The highest BCUT2D eigenvalue weighted by Gasteiger charge is 2.38. The van der Waals surface area contributed by atoms with Gasteiger partial charge in [0.15, 0.2) is 0 Å². The molecule has 0 aliphatic carbocycles. The van der Waals surface area contributed by atoms with Crippen molar-refractivity contribution in [2.45, 2.75) is 32.4 Å². The van der Waals surface area contributed by atoms with Gasteiger partial charge >= 0.3 is 12.1 Å². The minimum atomic E-state index is -5.08. The first-order chi connectivity index (χ1) is 15.1. The number of carboxylic acids is 1. The van der Waals surface area contributed by atoms with Crippen LogP contribution in [0.1, 0.15) is 27.0 Å². The van der Waals surface area contributed by atoms with Crippen LogP contribution in [0.4, 0.5) is 13.2 Å². The van der Waals surface area contributed by atoms with Crippen LogP contribution >= 0.6 is 11.3 Å². The lowest BCUT2D eigenvalue weighted by Crippen LogP contribution is -2.33. The fraction of sp³-hybridized carbons (Fsp3) is 0.368. The van der Waals surface area contributed by atoms with Gasteiger partial charge in [-0.2, -0.15) is 13.2 Å². The molecule has 0 saturated heterocycles. The summed E-state index contributed by atoms with van der Waals surface area (Å²) in [4.78, 5) is 32.5. The van der Waals surface area contributed by atoms with E-state index in [0.717, 1.165) is 42.7 Å². The molecule has 0 saturated carbocycles. The standard InChI is InChI=1S/C17H20N6OS.C2HF3O2/c1-21-5-2-3-14(21)17(24)19-9-13-10-23-7-6-22(11-15(23)20-13)12-16-18-4-8-25-16;3-2(4,5)1(6)7/h2-5,8,10H,6-7,9,11-12H2,1H3,(H,19,24);(H,6,7). The number of hydrogen-bond acceptors (Lipinski definition) is 6. The molecular weight excluding hydrogens is 449 g/mol. The highest BCUT2D eigenvalue weighted by Crippen LogP contribution is 2.17. The van der Waals surface area contributed by atoms with Gasteiger partial charge in [0, 0.05) is 44.1 Å². The Kier molecular flexibility index (Phi) is 7.30. The number of imidazole rings is 1. The second-order valence-electron chi connectivity index (χ2n) is 6.97. The van der Waals surface area contributed by atoms with Crippen molar-refractivity contribution in [1.29, 1.82) is 0 Å². The summed E-state index contributed by atoms with van der Waals surface area (Å²) in [5.41, 5.74) is 1.55. The summed E-state index contributed by atoms with van der Waals surface area (Å²) in [7, 11) is 1.86. The van der Waals surface area contributed by atoms with E-state index in [1.165, 1.54) is 0 Å². The van der Waals surface area contributed by atoms with Crippen molar-refractivity contribution in [3.63, 3.8) is 0 Å². The number of carboxylic acid groups (broad SMARTS) is 1. The molecule has 4 rings (SSSR count). The van der Waals surface area contributed by atoms with E-state index >= 15 is 0 Å². The van der Waals surface area contributed by atoms with Gasteiger partial charge in [-0.05, 0) is 12.1 Å². The Hall–Kier alpha value is -3.19. The summed E-state index contributed by atoms with van der Waals surface area (Å²) in [6, 6.07) is 3.67. The molecule has 172 valence electrons. The minimum Gasteiger partial charge on any atom is -0.475 e. The summed E-state index contributed by atoms with van der Waals surface area (Å²) in [6.07, 6.45) is 0.668. The number of rotatable bonds is 5. The quantitative estimate of drug-likeness (QED) is 0.593. The fourth-order valence-corrected chi connectivity index (χ4v) is 3.72. The average Bonchev–Trinajstić information content (AvgIpc) is 3.46. The van der Waals surface area contributed by atoms with Gasteiger partial charge in [-0.15, -0.1) is 11.3 Å². The Morgan fingerprint density at radius 3 is 2.66 bits per heavy atom. The molecule has 0 spiro atoms. The van der Waals surface area contributed by atoms with Crippen LogP contribution < -0.4 is 5.32 Å². The van der Waals surface area contributed by atoms with Crippen LogP contribution in [0.3, 0.4) is 0 Å². The first kappa shape index (κ1) is 23.5. The highest BCUT2D eigenvalue weighted by atomic mass is 32.1.